The lowest BCUT2D eigenvalue weighted by molar-refractivity contribution is 0.400. The number of benzene rings is 1. The summed E-state index contributed by atoms with van der Waals surface area (Å²) >= 11 is 0. The highest BCUT2D eigenvalue weighted by molar-refractivity contribution is 7.89. The Morgan fingerprint density at radius 1 is 1.41 bits per heavy atom. The Kier molecular flexibility index (Phi) is 4.47. The maximum atomic E-state index is 13.1. The maximum Gasteiger partial charge on any atom is 0.244 e. The molecule has 0 aliphatic carbocycles. The van der Waals surface area contributed by atoms with E-state index < -0.39 is 15.8 Å². The lowest BCUT2D eigenvalue weighted by Gasteiger charge is -2.11. The van der Waals surface area contributed by atoms with Crippen LogP contribution < -0.4 is 9.46 Å². The Morgan fingerprint density at radius 2 is 2.06 bits per heavy atom. The number of nitrogens with one attached hydrogen (secondary N) is 1. The van der Waals surface area contributed by atoms with Gasteiger partial charge in [0.1, 0.15) is 16.5 Å². The molecule has 0 heterocycles. The molecule has 0 amide bonds. The fourth-order valence-corrected chi connectivity index (χ4v) is 2.61. The van der Waals surface area contributed by atoms with Crippen LogP contribution in [0.4, 0.5) is 4.39 Å². The first-order valence-electron chi connectivity index (χ1n) is 5.20. The van der Waals surface area contributed by atoms with Crippen molar-refractivity contribution in [2.75, 3.05) is 13.7 Å². The van der Waals surface area contributed by atoms with Crippen LogP contribution in [-0.4, -0.2) is 22.1 Å². The monoisotopic (exact) mass is 261 g/mol. The van der Waals surface area contributed by atoms with Crippen LogP contribution in [0.1, 0.15) is 13.8 Å². The topological polar surface area (TPSA) is 55.4 Å². The second-order valence-electron chi connectivity index (χ2n) is 4.04. The smallest absolute Gasteiger partial charge is 0.244 e. The molecule has 0 aliphatic rings. The van der Waals surface area contributed by atoms with E-state index in [4.69, 9.17) is 4.74 Å². The van der Waals surface area contributed by atoms with Crippen LogP contribution >= 0.6 is 0 Å². The van der Waals surface area contributed by atoms with Gasteiger partial charge in [0, 0.05) is 6.54 Å². The van der Waals surface area contributed by atoms with Gasteiger partial charge in [-0.1, -0.05) is 13.8 Å². The van der Waals surface area contributed by atoms with Crippen molar-refractivity contribution in [1.82, 2.24) is 4.72 Å². The summed E-state index contributed by atoms with van der Waals surface area (Å²) in [6, 6.07) is 3.39. The van der Waals surface area contributed by atoms with Crippen LogP contribution in [0, 0.1) is 11.7 Å². The van der Waals surface area contributed by atoms with Crippen molar-refractivity contribution < 1.29 is 17.5 Å². The highest BCUT2D eigenvalue weighted by Crippen LogP contribution is 2.24. The Bertz CT molecular complexity index is 485. The van der Waals surface area contributed by atoms with Gasteiger partial charge in [0.15, 0.2) is 0 Å². The van der Waals surface area contributed by atoms with Crippen molar-refractivity contribution in [2.45, 2.75) is 18.7 Å². The minimum absolute atomic E-state index is 0.127. The van der Waals surface area contributed by atoms with Crippen molar-refractivity contribution in [1.29, 1.82) is 0 Å². The number of sulfonamides is 1. The molecule has 0 fully saturated rings. The zero-order valence-electron chi connectivity index (χ0n) is 10.0. The first-order chi connectivity index (χ1) is 7.86. The van der Waals surface area contributed by atoms with Gasteiger partial charge in [0.2, 0.25) is 10.0 Å². The third kappa shape index (κ3) is 3.67. The fraction of sp³-hybridized carbons (Fsp3) is 0.455. The van der Waals surface area contributed by atoms with E-state index in [1.165, 1.54) is 13.2 Å². The highest BCUT2D eigenvalue weighted by atomic mass is 32.2. The summed E-state index contributed by atoms with van der Waals surface area (Å²) in [6.07, 6.45) is 0. The van der Waals surface area contributed by atoms with Crippen LogP contribution in [-0.2, 0) is 10.0 Å². The molecule has 0 radical (unpaired) electrons. The summed E-state index contributed by atoms with van der Waals surface area (Å²) < 4.78 is 44.2. The fourth-order valence-electron chi connectivity index (χ4n) is 1.21. The maximum absolute atomic E-state index is 13.1. The summed E-state index contributed by atoms with van der Waals surface area (Å²) in [5, 5.41) is 0. The molecule has 0 spiro atoms. The van der Waals surface area contributed by atoms with E-state index >= 15 is 0 Å². The number of rotatable bonds is 5. The molecular weight excluding hydrogens is 245 g/mol. The molecule has 1 aromatic carbocycles. The van der Waals surface area contributed by atoms with Crippen molar-refractivity contribution in [3.8, 4) is 5.75 Å². The second-order valence-corrected chi connectivity index (χ2v) is 5.78. The van der Waals surface area contributed by atoms with E-state index in [0.29, 0.717) is 6.54 Å². The van der Waals surface area contributed by atoms with Gasteiger partial charge in [0.05, 0.1) is 7.11 Å². The summed E-state index contributed by atoms with van der Waals surface area (Å²) in [6.45, 7) is 4.05. The minimum Gasteiger partial charge on any atom is -0.495 e. The number of halogens is 1. The van der Waals surface area contributed by atoms with Crippen LogP contribution in [0.5, 0.6) is 5.75 Å². The summed E-state index contributed by atoms with van der Waals surface area (Å²) in [5.41, 5.74) is 0. The third-order valence-corrected chi connectivity index (χ3v) is 3.54. The molecule has 96 valence electrons. The van der Waals surface area contributed by atoms with Crippen molar-refractivity contribution in [3.63, 3.8) is 0 Å². The largest absolute Gasteiger partial charge is 0.495 e. The second kappa shape index (κ2) is 5.46. The molecule has 0 saturated carbocycles. The summed E-state index contributed by atoms with van der Waals surface area (Å²) in [7, 11) is -2.39. The summed E-state index contributed by atoms with van der Waals surface area (Å²) in [4.78, 5) is -0.180. The molecule has 0 atom stereocenters. The zero-order valence-corrected chi connectivity index (χ0v) is 10.8. The average Bonchev–Trinajstić information content (AvgIpc) is 2.26. The minimum atomic E-state index is -3.74. The Balaban J connectivity index is 3.09. The number of hydrogen-bond acceptors (Lipinski definition) is 3. The molecule has 6 heteroatoms. The van der Waals surface area contributed by atoms with Crippen LogP contribution in [0.25, 0.3) is 0 Å². The third-order valence-electron chi connectivity index (χ3n) is 2.10. The van der Waals surface area contributed by atoms with Gasteiger partial charge >= 0.3 is 0 Å². The molecular formula is C11H16FNO3S. The molecule has 17 heavy (non-hydrogen) atoms. The van der Waals surface area contributed by atoms with Gasteiger partial charge in [-0.25, -0.2) is 17.5 Å². The van der Waals surface area contributed by atoms with Gasteiger partial charge in [-0.3, -0.25) is 0 Å². The molecule has 4 nitrogen and oxygen atoms in total. The van der Waals surface area contributed by atoms with E-state index in [0.717, 1.165) is 12.1 Å². The Hall–Kier alpha value is -1.14. The van der Waals surface area contributed by atoms with Crippen LogP contribution in [0.15, 0.2) is 23.1 Å². The lowest BCUT2D eigenvalue weighted by atomic mass is 10.2. The zero-order chi connectivity index (χ0) is 13.1. The molecule has 0 bridgehead atoms. The van der Waals surface area contributed by atoms with Crippen molar-refractivity contribution >= 4 is 10.0 Å². The molecule has 0 saturated heterocycles. The van der Waals surface area contributed by atoms with Gasteiger partial charge in [-0.15, -0.1) is 0 Å². The molecule has 1 rings (SSSR count). The van der Waals surface area contributed by atoms with Crippen molar-refractivity contribution in [2.24, 2.45) is 5.92 Å². The Morgan fingerprint density at radius 3 is 2.59 bits per heavy atom. The molecule has 1 aromatic rings. The Labute approximate surface area is 101 Å². The van der Waals surface area contributed by atoms with E-state index in [2.05, 4.69) is 4.72 Å². The lowest BCUT2D eigenvalue weighted by Crippen LogP contribution is -2.28. The number of hydrogen-bond donors (Lipinski definition) is 1. The van der Waals surface area contributed by atoms with E-state index in [1.54, 1.807) is 0 Å². The summed E-state index contributed by atoms with van der Waals surface area (Å²) in [5.74, 6) is -0.317. The van der Waals surface area contributed by atoms with Gasteiger partial charge in [-0.05, 0) is 24.1 Å². The number of methoxy groups -OCH3 is 1. The van der Waals surface area contributed by atoms with E-state index in [-0.39, 0.29) is 16.6 Å². The standard InChI is InChI=1S/C11H16FNO3S/c1-8(2)7-13-17(14,15)11-6-9(12)4-5-10(11)16-3/h4-6,8,13H,7H2,1-3H3. The van der Waals surface area contributed by atoms with E-state index in [1.807, 2.05) is 13.8 Å². The SMILES string of the molecule is COc1ccc(F)cc1S(=O)(=O)NCC(C)C. The average molecular weight is 261 g/mol. The molecule has 0 aliphatic heterocycles. The highest BCUT2D eigenvalue weighted by Gasteiger charge is 2.20. The first-order valence-corrected chi connectivity index (χ1v) is 6.68. The molecule has 0 aromatic heterocycles. The van der Waals surface area contributed by atoms with Gasteiger partial charge in [-0.2, -0.15) is 0 Å². The first kappa shape index (κ1) is 13.9. The number of ether oxygens (including phenoxy) is 1. The van der Waals surface area contributed by atoms with Crippen molar-refractivity contribution in [3.05, 3.63) is 24.0 Å². The molecule has 0 unspecified atom stereocenters. The predicted octanol–water partition coefficient (Wildman–Crippen LogP) is 1.77. The quantitative estimate of drug-likeness (QED) is 0.878. The van der Waals surface area contributed by atoms with Crippen LogP contribution in [0.2, 0.25) is 0 Å². The van der Waals surface area contributed by atoms with Crippen LogP contribution in [0.3, 0.4) is 0 Å². The molecule has 1 N–H and O–H groups in total. The van der Waals surface area contributed by atoms with Gasteiger partial charge in [0.25, 0.3) is 0 Å². The predicted molar refractivity (Wildman–Crippen MR) is 63.0 cm³/mol. The normalized spacial score (nSPS) is 11.8. The van der Waals surface area contributed by atoms with E-state index in [9.17, 15) is 12.8 Å². The van der Waals surface area contributed by atoms with Gasteiger partial charge < -0.3 is 4.74 Å².